The SMILES string of the molecule is c1cncc(N2CCC3CNCc4cccc2c43)c1. The lowest BCUT2D eigenvalue weighted by molar-refractivity contribution is 0.502. The van der Waals surface area contributed by atoms with Gasteiger partial charge >= 0.3 is 0 Å². The number of anilines is 2. The van der Waals surface area contributed by atoms with Gasteiger partial charge in [-0.2, -0.15) is 0 Å². The van der Waals surface area contributed by atoms with Gasteiger partial charge in [-0.05, 0) is 35.7 Å². The van der Waals surface area contributed by atoms with Crippen LogP contribution in [0.1, 0.15) is 23.5 Å². The van der Waals surface area contributed by atoms with Crippen molar-refractivity contribution in [2.24, 2.45) is 0 Å². The summed E-state index contributed by atoms with van der Waals surface area (Å²) in [4.78, 5) is 6.66. The zero-order valence-electron chi connectivity index (χ0n) is 10.8. The molecule has 0 saturated heterocycles. The van der Waals surface area contributed by atoms with Gasteiger partial charge < -0.3 is 10.2 Å². The summed E-state index contributed by atoms with van der Waals surface area (Å²) in [7, 11) is 0. The number of rotatable bonds is 1. The van der Waals surface area contributed by atoms with Crippen LogP contribution in [0.3, 0.4) is 0 Å². The monoisotopic (exact) mass is 251 g/mol. The van der Waals surface area contributed by atoms with Crippen molar-refractivity contribution in [1.29, 1.82) is 0 Å². The van der Waals surface area contributed by atoms with Gasteiger partial charge in [0.25, 0.3) is 0 Å². The first kappa shape index (κ1) is 11.0. The summed E-state index contributed by atoms with van der Waals surface area (Å²) < 4.78 is 0. The van der Waals surface area contributed by atoms with Crippen molar-refractivity contribution >= 4 is 11.4 Å². The fraction of sp³-hybridized carbons (Fsp3) is 0.312. The number of aromatic nitrogens is 1. The Morgan fingerprint density at radius 1 is 1.21 bits per heavy atom. The van der Waals surface area contributed by atoms with Gasteiger partial charge in [-0.3, -0.25) is 4.98 Å². The maximum Gasteiger partial charge on any atom is 0.0597 e. The molecular weight excluding hydrogens is 234 g/mol. The minimum atomic E-state index is 0.674. The summed E-state index contributed by atoms with van der Waals surface area (Å²) in [6.45, 7) is 3.19. The van der Waals surface area contributed by atoms with Gasteiger partial charge in [0, 0.05) is 37.4 Å². The maximum atomic E-state index is 4.25. The third-order valence-electron chi connectivity index (χ3n) is 4.24. The van der Waals surface area contributed by atoms with Crippen LogP contribution >= 0.6 is 0 Å². The van der Waals surface area contributed by atoms with E-state index in [1.54, 1.807) is 5.56 Å². The highest BCUT2D eigenvalue weighted by Gasteiger charge is 2.30. The zero-order chi connectivity index (χ0) is 12.7. The van der Waals surface area contributed by atoms with Gasteiger partial charge in [-0.25, -0.2) is 0 Å². The van der Waals surface area contributed by atoms with Crippen LogP contribution in [-0.4, -0.2) is 18.1 Å². The second-order valence-electron chi connectivity index (χ2n) is 5.33. The average Bonchev–Trinajstić information content (AvgIpc) is 2.49. The summed E-state index contributed by atoms with van der Waals surface area (Å²) in [6, 6.07) is 10.8. The van der Waals surface area contributed by atoms with E-state index in [0.29, 0.717) is 5.92 Å². The van der Waals surface area contributed by atoms with Crippen molar-refractivity contribution < 1.29 is 0 Å². The van der Waals surface area contributed by atoms with Crippen LogP contribution in [0.15, 0.2) is 42.7 Å². The summed E-state index contributed by atoms with van der Waals surface area (Å²) in [5.41, 5.74) is 5.59. The first-order valence-electron chi connectivity index (χ1n) is 6.93. The van der Waals surface area contributed by atoms with Gasteiger partial charge in [0.2, 0.25) is 0 Å². The molecule has 3 heterocycles. The van der Waals surface area contributed by atoms with Gasteiger partial charge in [0.05, 0.1) is 11.9 Å². The molecule has 0 bridgehead atoms. The van der Waals surface area contributed by atoms with Gasteiger partial charge in [0.1, 0.15) is 0 Å². The molecule has 0 saturated carbocycles. The lowest BCUT2D eigenvalue weighted by Crippen LogP contribution is -2.36. The first-order chi connectivity index (χ1) is 9.43. The highest BCUT2D eigenvalue weighted by atomic mass is 15.2. The van der Waals surface area contributed by atoms with Crippen molar-refractivity contribution in [3.63, 3.8) is 0 Å². The highest BCUT2D eigenvalue weighted by molar-refractivity contribution is 5.70. The molecule has 2 aromatic rings. The number of nitrogens with one attached hydrogen (secondary N) is 1. The second-order valence-corrected chi connectivity index (χ2v) is 5.33. The Bertz CT molecular complexity index is 594. The van der Waals surface area contributed by atoms with Crippen LogP contribution in [-0.2, 0) is 6.54 Å². The van der Waals surface area contributed by atoms with Crippen molar-refractivity contribution in [2.75, 3.05) is 18.0 Å². The van der Waals surface area contributed by atoms with E-state index in [0.717, 1.165) is 19.6 Å². The number of hydrogen-bond donors (Lipinski definition) is 1. The van der Waals surface area contributed by atoms with Crippen LogP contribution in [0, 0.1) is 0 Å². The Morgan fingerprint density at radius 2 is 2.21 bits per heavy atom. The van der Waals surface area contributed by atoms with E-state index in [-0.39, 0.29) is 0 Å². The van der Waals surface area contributed by atoms with Gasteiger partial charge in [0.15, 0.2) is 0 Å². The Balaban J connectivity index is 1.85. The van der Waals surface area contributed by atoms with Crippen molar-refractivity contribution in [3.8, 4) is 0 Å². The Morgan fingerprint density at radius 3 is 3.11 bits per heavy atom. The molecule has 3 heteroatoms. The minimum absolute atomic E-state index is 0.674. The number of pyridine rings is 1. The Hall–Kier alpha value is -1.87. The molecule has 96 valence electrons. The van der Waals surface area contributed by atoms with Crippen molar-refractivity contribution in [2.45, 2.75) is 18.9 Å². The molecule has 1 aromatic heterocycles. The zero-order valence-corrected chi connectivity index (χ0v) is 10.8. The van der Waals surface area contributed by atoms with E-state index in [4.69, 9.17) is 0 Å². The van der Waals surface area contributed by atoms with Gasteiger partial charge in [-0.15, -0.1) is 0 Å². The molecule has 2 aliphatic rings. The molecule has 4 rings (SSSR count). The maximum absolute atomic E-state index is 4.25. The fourth-order valence-corrected chi connectivity index (χ4v) is 3.38. The molecule has 1 unspecified atom stereocenters. The summed E-state index contributed by atoms with van der Waals surface area (Å²) in [5.74, 6) is 0.674. The molecule has 19 heavy (non-hydrogen) atoms. The third kappa shape index (κ3) is 1.73. The normalized spacial score (nSPS) is 21.1. The molecule has 0 spiro atoms. The molecule has 0 radical (unpaired) electrons. The van der Waals surface area contributed by atoms with Crippen molar-refractivity contribution in [1.82, 2.24) is 10.3 Å². The largest absolute Gasteiger partial charge is 0.340 e. The van der Waals surface area contributed by atoms with E-state index < -0.39 is 0 Å². The smallest absolute Gasteiger partial charge is 0.0597 e. The third-order valence-corrected chi connectivity index (χ3v) is 4.24. The predicted octanol–water partition coefficient (Wildman–Crippen LogP) is 2.81. The molecule has 1 atom stereocenters. The fourth-order valence-electron chi connectivity index (χ4n) is 3.38. The summed E-state index contributed by atoms with van der Waals surface area (Å²) in [6.07, 6.45) is 5.01. The topological polar surface area (TPSA) is 28.2 Å². The molecule has 1 aromatic carbocycles. The summed E-state index contributed by atoms with van der Waals surface area (Å²) >= 11 is 0. The Kier molecular flexibility index (Phi) is 2.52. The van der Waals surface area contributed by atoms with E-state index >= 15 is 0 Å². The second kappa shape index (κ2) is 4.35. The lowest BCUT2D eigenvalue weighted by atomic mass is 9.84. The van der Waals surface area contributed by atoms with Gasteiger partial charge in [-0.1, -0.05) is 12.1 Å². The van der Waals surface area contributed by atoms with Crippen LogP contribution in [0.4, 0.5) is 11.4 Å². The molecule has 0 aliphatic carbocycles. The number of hydrogen-bond acceptors (Lipinski definition) is 3. The van der Waals surface area contributed by atoms with E-state index in [2.05, 4.69) is 39.5 Å². The molecule has 0 fully saturated rings. The minimum Gasteiger partial charge on any atom is -0.340 e. The van der Waals surface area contributed by atoms with E-state index in [1.807, 2.05) is 18.5 Å². The van der Waals surface area contributed by atoms with E-state index in [1.165, 1.54) is 23.4 Å². The van der Waals surface area contributed by atoms with E-state index in [9.17, 15) is 0 Å². The van der Waals surface area contributed by atoms with Crippen molar-refractivity contribution in [3.05, 3.63) is 53.9 Å². The van der Waals surface area contributed by atoms with Crippen LogP contribution in [0.2, 0.25) is 0 Å². The standard InChI is InChI=1S/C16H17N3/c1-3-12-9-18-10-13-6-8-19(15(5-1)16(12)13)14-4-2-7-17-11-14/h1-5,7,11,13,18H,6,8-10H2. The lowest BCUT2D eigenvalue weighted by Gasteiger charge is -2.39. The van der Waals surface area contributed by atoms with Crippen LogP contribution in [0.5, 0.6) is 0 Å². The predicted molar refractivity (Wildman–Crippen MR) is 76.7 cm³/mol. The quantitative estimate of drug-likeness (QED) is 0.844. The van der Waals surface area contributed by atoms with Crippen LogP contribution in [0.25, 0.3) is 0 Å². The Labute approximate surface area is 113 Å². The number of benzene rings is 1. The summed E-state index contributed by atoms with van der Waals surface area (Å²) in [5, 5.41) is 3.53. The molecule has 2 aliphatic heterocycles. The molecule has 3 nitrogen and oxygen atoms in total. The number of nitrogens with zero attached hydrogens (tertiary/aromatic N) is 2. The van der Waals surface area contributed by atoms with Crippen LogP contribution < -0.4 is 10.2 Å². The molecular formula is C16H17N3. The highest BCUT2D eigenvalue weighted by Crippen LogP contribution is 2.42. The first-order valence-corrected chi connectivity index (χ1v) is 6.93. The molecule has 1 N–H and O–H groups in total. The average molecular weight is 251 g/mol. The molecule has 0 amide bonds.